The Kier molecular flexibility index (Phi) is 5.70. The van der Waals surface area contributed by atoms with E-state index in [9.17, 15) is 5.11 Å². The minimum absolute atomic E-state index is 0.475. The summed E-state index contributed by atoms with van der Waals surface area (Å²) >= 11 is 0. The molecule has 1 N–H and O–H groups in total. The van der Waals surface area contributed by atoms with E-state index >= 15 is 0 Å². The molecule has 0 amide bonds. The lowest BCUT2D eigenvalue weighted by Crippen LogP contribution is -2.07. The first-order valence-corrected chi connectivity index (χ1v) is 9.36. The summed E-state index contributed by atoms with van der Waals surface area (Å²) in [7, 11) is 0. The summed E-state index contributed by atoms with van der Waals surface area (Å²) in [5.41, 5.74) is 3.35. The van der Waals surface area contributed by atoms with Gasteiger partial charge in [0, 0.05) is 47.5 Å². The predicted octanol–water partition coefficient (Wildman–Crippen LogP) is 3.44. The Morgan fingerprint density at radius 1 is 1.07 bits per heavy atom. The first-order chi connectivity index (χ1) is 14.7. The summed E-state index contributed by atoms with van der Waals surface area (Å²) in [6.45, 7) is 2.16. The predicted molar refractivity (Wildman–Crippen MR) is 112 cm³/mol. The number of hydrogen-bond acceptors (Lipinski definition) is 5. The molecular formula is C24H18N4O2. The van der Waals surface area contributed by atoms with Gasteiger partial charge in [-0.1, -0.05) is 17.0 Å². The van der Waals surface area contributed by atoms with Crippen molar-refractivity contribution in [1.29, 1.82) is 0 Å². The van der Waals surface area contributed by atoms with Gasteiger partial charge in [-0.25, -0.2) is 4.98 Å². The monoisotopic (exact) mass is 394 g/mol. The van der Waals surface area contributed by atoms with Crippen molar-refractivity contribution in [3.8, 4) is 35.0 Å². The lowest BCUT2D eigenvalue weighted by molar-refractivity contribution is 0.184. The molecule has 146 valence electrons. The highest BCUT2D eigenvalue weighted by molar-refractivity contribution is 5.59. The Balaban J connectivity index is 1.43. The maximum atomic E-state index is 9.77. The lowest BCUT2D eigenvalue weighted by atomic mass is 10.1. The number of pyridine rings is 1. The maximum absolute atomic E-state index is 9.77. The van der Waals surface area contributed by atoms with Crippen LogP contribution < -0.4 is 0 Å². The summed E-state index contributed by atoms with van der Waals surface area (Å²) in [6, 6.07) is 13.3. The first-order valence-electron chi connectivity index (χ1n) is 9.36. The molecular weight excluding hydrogens is 376 g/mol. The van der Waals surface area contributed by atoms with Crippen molar-refractivity contribution in [2.24, 2.45) is 0 Å². The van der Waals surface area contributed by atoms with Crippen molar-refractivity contribution < 1.29 is 9.63 Å². The molecule has 0 fully saturated rings. The third-order valence-corrected chi connectivity index (χ3v) is 4.32. The Labute approximate surface area is 174 Å². The van der Waals surface area contributed by atoms with Gasteiger partial charge in [0.25, 0.3) is 0 Å². The Morgan fingerprint density at radius 3 is 2.60 bits per heavy atom. The summed E-state index contributed by atoms with van der Waals surface area (Å²) in [5.74, 6) is 12.9. The van der Waals surface area contributed by atoms with E-state index in [4.69, 9.17) is 4.52 Å². The van der Waals surface area contributed by atoms with Crippen LogP contribution in [0.4, 0.5) is 0 Å². The molecule has 0 aliphatic rings. The molecule has 0 saturated heterocycles. The molecule has 3 aromatic heterocycles. The first kappa shape index (κ1) is 19.2. The molecule has 30 heavy (non-hydrogen) atoms. The maximum Gasteiger partial charge on any atom is 0.167 e. The highest BCUT2D eigenvalue weighted by Crippen LogP contribution is 2.22. The van der Waals surface area contributed by atoms with Gasteiger partial charge in [-0.15, -0.1) is 0 Å². The van der Waals surface area contributed by atoms with Crippen molar-refractivity contribution in [2.75, 3.05) is 0 Å². The van der Waals surface area contributed by atoms with Crippen molar-refractivity contribution in [3.05, 3.63) is 89.9 Å². The average Bonchev–Trinajstić information content (AvgIpc) is 3.43. The Hall–Kier alpha value is -4.13. The van der Waals surface area contributed by atoms with Gasteiger partial charge in [0.15, 0.2) is 5.76 Å². The molecule has 0 aliphatic heterocycles. The summed E-state index contributed by atoms with van der Waals surface area (Å²) in [6.07, 6.45) is 6.23. The molecule has 6 heteroatoms. The van der Waals surface area contributed by atoms with Crippen LogP contribution in [0.25, 0.3) is 11.3 Å². The Bertz CT molecular complexity index is 1250. The highest BCUT2D eigenvalue weighted by Gasteiger charge is 2.12. The third kappa shape index (κ3) is 4.64. The van der Waals surface area contributed by atoms with Gasteiger partial charge in [-0.05, 0) is 55.2 Å². The zero-order valence-electron chi connectivity index (χ0n) is 16.3. The van der Waals surface area contributed by atoms with Crippen molar-refractivity contribution in [3.63, 3.8) is 0 Å². The van der Waals surface area contributed by atoms with E-state index in [1.165, 1.54) is 0 Å². The van der Waals surface area contributed by atoms with Crippen molar-refractivity contribution in [2.45, 2.75) is 19.6 Å². The van der Waals surface area contributed by atoms with Gasteiger partial charge < -0.3 is 14.2 Å². The van der Waals surface area contributed by atoms with Crippen LogP contribution in [0.2, 0.25) is 0 Å². The molecule has 0 bridgehead atoms. The average molecular weight is 394 g/mol. The van der Waals surface area contributed by atoms with E-state index < -0.39 is 6.10 Å². The quantitative estimate of drug-likeness (QED) is 0.537. The number of aliphatic hydroxyl groups excluding tert-OH is 1. The number of imidazole rings is 1. The molecule has 0 spiro atoms. The number of hydrogen-bond donors (Lipinski definition) is 1. The van der Waals surface area contributed by atoms with Crippen molar-refractivity contribution in [1.82, 2.24) is 19.7 Å². The molecule has 1 atom stereocenters. The molecule has 4 rings (SSSR count). The van der Waals surface area contributed by atoms with Crippen LogP contribution in [0.5, 0.6) is 0 Å². The van der Waals surface area contributed by atoms with Gasteiger partial charge in [-0.3, -0.25) is 4.98 Å². The zero-order valence-corrected chi connectivity index (χ0v) is 16.3. The van der Waals surface area contributed by atoms with Crippen LogP contribution in [0.3, 0.4) is 0 Å². The molecule has 4 aromatic rings. The zero-order chi connectivity index (χ0) is 20.8. The third-order valence-electron chi connectivity index (χ3n) is 4.32. The lowest BCUT2D eigenvalue weighted by Gasteiger charge is -2.07. The van der Waals surface area contributed by atoms with E-state index in [1.54, 1.807) is 31.7 Å². The van der Waals surface area contributed by atoms with Crippen LogP contribution in [0, 0.1) is 23.7 Å². The second-order valence-electron chi connectivity index (χ2n) is 6.59. The summed E-state index contributed by atoms with van der Waals surface area (Å²) in [5, 5.41) is 13.9. The van der Waals surface area contributed by atoms with Gasteiger partial charge in [0.05, 0.1) is 6.54 Å². The van der Waals surface area contributed by atoms with E-state index in [0.717, 1.165) is 22.4 Å². The second kappa shape index (κ2) is 8.91. The van der Waals surface area contributed by atoms with Crippen molar-refractivity contribution >= 4 is 0 Å². The normalized spacial score (nSPS) is 11.1. The van der Waals surface area contributed by atoms with Crippen LogP contribution in [0.15, 0.2) is 71.8 Å². The standard InChI is InChI=1S/C24H18N4O2/c1-18(29)24-26-13-14-28(24)17-22-15-23(30-27-22)21-10-8-19(9-11-21)5-2-3-6-20-7-4-12-25-16-20/h4,7-16,18,29H,17H2,1H3/t18-/m0/s1. The van der Waals surface area contributed by atoms with E-state index in [0.29, 0.717) is 18.1 Å². The fourth-order valence-corrected chi connectivity index (χ4v) is 2.88. The fourth-order valence-electron chi connectivity index (χ4n) is 2.88. The summed E-state index contributed by atoms with van der Waals surface area (Å²) in [4.78, 5) is 8.18. The Morgan fingerprint density at radius 2 is 1.87 bits per heavy atom. The van der Waals surface area contributed by atoms with E-state index in [1.807, 2.05) is 47.0 Å². The topological polar surface area (TPSA) is 77.0 Å². The van der Waals surface area contributed by atoms with E-state index in [-0.39, 0.29) is 0 Å². The van der Waals surface area contributed by atoms with Gasteiger partial charge in [-0.2, -0.15) is 0 Å². The van der Waals surface area contributed by atoms with Gasteiger partial charge in [0.1, 0.15) is 17.6 Å². The molecule has 0 aliphatic carbocycles. The molecule has 0 saturated carbocycles. The number of aromatic nitrogens is 4. The highest BCUT2D eigenvalue weighted by atomic mass is 16.5. The number of aliphatic hydroxyl groups is 1. The van der Waals surface area contributed by atoms with Gasteiger partial charge >= 0.3 is 0 Å². The number of nitrogens with zero attached hydrogens (tertiary/aromatic N) is 4. The second-order valence-corrected chi connectivity index (χ2v) is 6.59. The number of rotatable bonds is 4. The largest absolute Gasteiger partial charge is 0.385 e. The molecule has 6 nitrogen and oxygen atoms in total. The fraction of sp³-hybridized carbons (Fsp3) is 0.125. The summed E-state index contributed by atoms with van der Waals surface area (Å²) < 4.78 is 7.32. The smallest absolute Gasteiger partial charge is 0.167 e. The minimum Gasteiger partial charge on any atom is -0.385 e. The molecule has 3 heterocycles. The molecule has 0 radical (unpaired) electrons. The van der Waals surface area contributed by atoms with E-state index in [2.05, 4.69) is 38.8 Å². The SMILES string of the molecule is C[C@H](O)c1nccn1Cc1cc(-c2ccc(C#CC#Cc3cccnc3)cc2)on1. The molecule has 0 unspecified atom stereocenters. The minimum atomic E-state index is -0.644. The van der Waals surface area contributed by atoms with Crippen LogP contribution >= 0.6 is 0 Å². The van der Waals surface area contributed by atoms with Crippen LogP contribution in [0.1, 0.15) is 35.7 Å². The van der Waals surface area contributed by atoms with Gasteiger partial charge in [0.2, 0.25) is 0 Å². The van der Waals surface area contributed by atoms with Crippen LogP contribution in [-0.2, 0) is 6.54 Å². The molecule has 1 aromatic carbocycles. The van der Waals surface area contributed by atoms with Crippen LogP contribution in [-0.4, -0.2) is 24.8 Å². The number of benzene rings is 1.